The number of nitrogens with zero attached hydrogens (tertiary/aromatic N) is 5. The number of nitrogens with one attached hydrogen (secondary N) is 1. The Hall–Kier alpha value is -3.18. The van der Waals surface area contributed by atoms with Gasteiger partial charge in [0.1, 0.15) is 11.3 Å². The fourth-order valence-electron chi connectivity index (χ4n) is 3.32. The maximum Gasteiger partial charge on any atom is 0.322 e. The zero-order valence-electron chi connectivity index (χ0n) is 15.8. The normalized spacial score (nSPS) is 16.8. The first-order chi connectivity index (χ1) is 14.1. The first kappa shape index (κ1) is 19.2. The van der Waals surface area contributed by atoms with Crippen LogP contribution < -0.4 is 20.7 Å². The molecule has 0 bridgehead atoms. The van der Waals surface area contributed by atoms with Crippen molar-refractivity contribution in [3.05, 3.63) is 29.8 Å². The summed E-state index contributed by atoms with van der Waals surface area (Å²) in [6.07, 6.45) is 0. The number of amides is 2. The van der Waals surface area contributed by atoms with Gasteiger partial charge in [0.15, 0.2) is 10.6 Å². The van der Waals surface area contributed by atoms with E-state index in [0.29, 0.717) is 47.2 Å². The van der Waals surface area contributed by atoms with Crippen LogP contribution in [0.15, 0.2) is 29.8 Å². The molecular formula is C18H21N7O3S. The molecule has 3 heterocycles. The highest BCUT2D eigenvalue weighted by Gasteiger charge is 2.32. The molecule has 1 aliphatic heterocycles. The van der Waals surface area contributed by atoms with E-state index >= 15 is 0 Å². The van der Waals surface area contributed by atoms with Crippen LogP contribution in [0.5, 0.6) is 5.75 Å². The zero-order chi connectivity index (χ0) is 20.4. The van der Waals surface area contributed by atoms with Gasteiger partial charge in [-0.25, -0.2) is 14.8 Å². The Morgan fingerprint density at radius 1 is 1.34 bits per heavy atom. The molecule has 0 aliphatic carbocycles. The number of piperazine rings is 1. The van der Waals surface area contributed by atoms with Crippen molar-refractivity contribution in [2.45, 2.75) is 6.04 Å². The second-order valence-corrected chi connectivity index (χ2v) is 7.38. The number of thiazole rings is 1. The fraction of sp³-hybridized carbons (Fsp3) is 0.333. The number of hydrogen-bond donors (Lipinski definition) is 3. The summed E-state index contributed by atoms with van der Waals surface area (Å²) in [4.78, 5) is 30.0. The number of nitrogens with two attached hydrogens (primary N) is 1. The summed E-state index contributed by atoms with van der Waals surface area (Å²) in [7, 11) is 1.59. The Bertz CT molecular complexity index is 1010. The molecule has 1 atom stereocenters. The second kappa shape index (κ2) is 8.05. The van der Waals surface area contributed by atoms with E-state index < -0.39 is 6.04 Å². The smallest absolute Gasteiger partial charge is 0.322 e. The number of rotatable bonds is 4. The summed E-state index contributed by atoms with van der Waals surface area (Å²) in [6.45, 7) is 1.20. The number of urea groups is 1. The van der Waals surface area contributed by atoms with Crippen LogP contribution in [0.1, 0.15) is 0 Å². The van der Waals surface area contributed by atoms with Crippen molar-refractivity contribution in [1.29, 1.82) is 0 Å². The number of methoxy groups -OCH3 is 1. The van der Waals surface area contributed by atoms with E-state index in [2.05, 4.69) is 20.3 Å². The second-order valence-electron chi connectivity index (χ2n) is 6.55. The topological polar surface area (TPSA) is 130 Å². The zero-order valence-corrected chi connectivity index (χ0v) is 16.6. The van der Waals surface area contributed by atoms with Crippen LogP contribution in [0, 0.1) is 0 Å². The van der Waals surface area contributed by atoms with Crippen molar-refractivity contribution in [3.8, 4) is 5.75 Å². The number of fused-ring (bicyclic) bond motifs is 1. The predicted molar refractivity (Wildman–Crippen MR) is 111 cm³/mol. The highest BCUT2D eigenvalue weighted by molar-refractivity contribution is 7.16. The predicted octanol–water partition coefficient (Wildman–Crippen LogP) is 1.39. The molecule has 1 fully saturated rings. The summed E-state index contributed by atoms with van der Waals surface area (Å²) in [5.41, 5.74) is 8.87. The average Bonchev–Trinajstić information content (AvgIpc) is 3.21. The van der Waals surface area contributed by atoms with Crippen molar-refractivity contribution in [3.63, 3.8) is 0 Å². The Balaban J connectivity index is 1.49. The molecule has 0 saturated carbocycles. The highest BCUT2D eigenvalue weighted by Crippen LogP contribution is 2.28. The number of carbonyl (C=O) groups excluding carboxylic acids is 1. The molecule has 152 valence electrons. The Morgan fingerprint density at radius 2 is 2.14 bits per heavy atom. The molecule has 1 unspecified atom stereocenters. The highest BCUT2D eigenvalue weighted by atomic mass is 32.1. The number of anilines is 3. The van der Waals surface area contributed by atoms with E-state index in [-0.39, 0.29) is 18.6 Å². The molecule has 4 rings (SSSR count). The molecule has 0 radical (unpaired) electrons. The van der Waals surface area contributed by atoms with E-state index in [9.17, 15) is 9.90 Å². The molecule has 2 amide bonds. The van der Waals surface area contributed by atoms with Gasteiger partial charge in [0.2, 0.25) is 5.95 Å². The maximum atomic E-state index is 12.8. The molecule has 29 heavy (non-hydrogen) atoms. The first-order valence-corrected chi connectivity index (χ1v) is 9.91. The van der Waals surface area contributed by atoms with Crippen LogP contribution in [0.3, 0.4) is 0 Å². The van der Waals surface area contributed by atoms with Crippen LogP contribution in [0.4, 0.5) is 22.2 Å². The largest absolute Gasteiger partial charge is 0.497 e. The van der Waals surface area contributed by atoms with E-state index in [4.69, 9.17) is 10.5 Å². The Kier molecular flexibility index (Phi) is 5.32. The lowest BCUT2D eigenvalue weighted by Crippen LogP contribution is -2.58. The first-order valence-electron chi connectivity index (χ1n) is 9.03. The maximum absolute atomic E-state index is 12.8. The Labute approximate surface area is 170 Å². The monoisotopic (exact) mass is 415 g/mol. The fourth-order valence-corrected chi connectivity index (χ4v) is 3.98. The van der Waals surface area contributed by atoms with Crippen molar-refractivity contribution >= 4 is 45.2 Å². The third-order valence-corrected chi connectivity index (χ3v) is 5.51. The van der Waals surface area contributed by atoms with Crippen molar-refractivity contribution in [1.82, 2.24) is 19.9 Å². The minimum atomic E-state index is -0.396. The number of carbonyl (C=O) groups is 1. The number of benzene rings is 1. The third-order valence-electron chi connectivity index (χ3n) is 4.79. The lowest BCUT2D eigenvalue weighted by Gasteiger charge is -2.41. The molecule has 1 saturated heterocycles. The van der Waals surface area contributed by atoms with E-state index in [1.54, 1.807) is 41.8 Å². The summed E-state index contributed by atoms with van der Waals surface area (Å²) in [6, 6.07) is 6.42. The van der Waals surface area contributed by atoms with Gasteiger partial charge < -0.3 is 30.7 Å². The summed E-state index contributed by atoms with van der Waals surface area (Å²) < 4.78 is 5.13. The van der Waals surface area contributed by atoms with Gasteiger partial charge in [-0.05, 0) is 24.3 Å². The lowest BCUT2D eigenvalue weighted by molar-refractivity contribution is 0.132. The van der Waals surface area contributed by atoms with Crippen LogP contribution in [0.2, 0.25) is 0 Å². The molecule has 2 aromatic heterocycles. The number of aliphatic hydroxyl groups excluding tert-OH is 1. The van der Waals surface area contributed by atoms with Gasteiger partial charge in [-0.3, -0.25) is 0 Å². The molecule has 10 nitrogen and oxygen atoms in total. The van der Waals surface area contributed by atoms with Crippen molar-refractivity contribution < 1.29 is 14.6 Å². The minimum absolute atomic E-state index is 0.173. The van der Waals surface area contributed by atoms with Crippen molar-refractivity contribution in [2.24, 2.45) is 0 Å². The quantitative estimate of drug-likeness (QED) is 0.583. The molecule has 4 N–H and O–H groups in total. The van der Waals surface area contributed by atoms with Gasteiger partial charge >= 0.3 is 6.03 Å². The number of ether oxygens (including phenoxy) is 1. The standard InChI is InChI=1S/C18H21N7O3S/c1-28-13-4-2-11(3-5-13)21-18(27)25-7-6-24(8-12(25)9-26)15-14-16(29-10-20-14)23-17(19)22-15/h2-5,10,12,26H,6-9H2,1H3,(H,21,27)(H2,19,22,23). The summed E-state index contributed by atoms with van der Waals surface area (Å²) in [5, 5.41) is 12.8. The van der Waals surface area contributed by atoms with Gasteiger partial charge in [0, 0.05) is 25.3 Å². The van der Waals surface area contributed by atoms with E-state index in [0.717, 1.165) is 0 Å². The van der Waals surface area contributed by atoms with Gasteiger partial charge in [-0.1, -0.05) is 0 Å². The van der Waals surface area contributed by atoms with Crippen LogP contribution in [0.25, 0.3) is 10.3 Å². The molecule has 1 aliphatic rings. The Morgan fingerprint density at radius 3 is 2.86 bits per heavy atom. The minimum Gasteiger partial charge on any atom is -0.497 e. The third kappa shape index (κ3) is 3.87. The number of nitrogen functional groups attached to an aromatic ring is 1. The SMILES string of the molecule is COc1ccc(NC(=O)N2CCN(c3nc(N)nc4scnc34)CC2CO)cc1. The molecule has 0 spiro atoms. The van der Waals surface area contributed by atoms with Crippen molar-refractivity contribution in [2.75, 3.05) is 49.3 Å². The van der Waals surface area contributed by atoms with Gasteiger partial charge in [-0.2, -0.15) is 4.98 Å². The van der Waals surface area contributed by atoms with Crippen LogP contribution >= 0.6 is 11.3 Å². The summed E-state index contributed by atoms with van der Waals surface area (Å²) in [5.74, 6) is 1.52. The number of aromatic nitrogens is 3. The van der Waals surface area contributed by atoms with Crippen LogP contribution in [-0.4, -0.2) is 70.4 Å². The summed E-state index contributed by atoms with van der Waals surface area (Å²) >= 11 is 1.39. The molecule has 3 aromatic rings. The molecule has 11 heteroatoms. The van der Waals surface area contributed by atoms with Gasteiger partial charge in [-0.15, -0.1) is 11.3 Å². The van der Waals surface area contributed by atoms with Gasteiger partial charge in [0.05, 0.1) is 25.3 Å². The van der Waals surface area contributed by atoms with E-state index in [1.807, 2.05) is 4.90 Å². The van der Waals surface area contributed by atoms with Gasteiger partial charge in [0.25, 0.3) is 0 Å². The molecular weight excluding hydrogens is 394 g/mol. The van der Waals surface area contributed by atoms with Crippen LogP contribution in [-0.2, 0) is 0 Å². The average molecular weight is 415 g/mol. The van der Waals surface area contributed by atoms with E-state index in [1.165, 1.54) is 11.3 Å². The lowest BCUT2D eigenvalue weighted by atomic mass is 10.2. The molecule has 1 aromatic carbocycles. The number of hydrogen-bond acceptors (Lipinski definition) is 9. The number of aliphatic hydroxyl groups is 1.